The molecular formula is C26H33NO4SSi. The number of aryl methyl sites for hydroxylation is 1. The Hall–Kier alpha value is -2.29. The molecule has 0 aliphatic heterocycles. The van der Waals surface area contributed by atoms with Crippen LogP contribution in [0.15, 0.2) is 89.8 Å². The van der Waals surface area contributed by atoms with E-state index in [0.717, 1.165) is 5.56 Å². The van der Waals surface area contributed by atoms with Gasteiger partial charge in [0.15, 0.2) is 8.32 Å². The van der Waals surface area contributed by atoms with E-state index in [1.807, 2.05) is 69.9 Å². The van der Waals surface area contributed by atoms with Crippen molar-refractivity contribution < 1.29 is 18.0 Å². The van der Waals surface area contributed by atoms with Crippen LogP contribution in [0.4, 0.5) is 0 Å². The van der Waals surface area contributed by atoms with Crippen molar-refractivity contribution in [2.24, 2.45) is 0 Å². The molecule has 0 aliphatic carbocycles. The van der Waals surface area contributed by atoms with Crippen molar-refractivity contribution in [1.29, 1.82) is 0 Å². The molecule has 2 atom stereocenters. The number of hydrogen-bond acceptors (Lipinski definition) is 4. The highest BCUT2D eigenvalue weighted by Crippen LogP contribution is 2.36. The lowest BCUT2D eigenvalue weighted by Gasteiger charge is -2.42. The molecule has 3 aromatic carbocycles. The Bertz CT molecular complexity index is 1100. The van der Waals surface area contributed by atoms with Gasteiger partial charge in [0.1, 0.15) is 5.60 Å². The summed E-state index contributed by atoms with van der Waals surface area (Å²) in [6.07, 6.45) is -0.609. The SMILES string of the molecule is Cc1ccc(S(=O)(=O)NC(C(C)O[Si](C)(C)C)C(O)(c2ccccc2)c2ccccc2)cc1. The first kappa shape index (κ1) is 25.3. The van der Waals surface area contributed by atoms with E-state index in [2.05, 4.69) is 4.72 Å². The normalized spacial score (nSPS) is 14.6. The predicted molar refractivity (Wildman–Crippen MR) is 135 cm³/mol. The first-order chi connectivity index (χ1) is 15.4. The fraction of sp³-hybridized carbons (Fsp3) is 0.308. The first-order valence-electron chi connectivity index (χ1n) is 11.0. The number of rotatable bonds is 9. The first-order valence-corrected chi connectivity index (χ1v) is 15.9. The quantitative estimate of drug-likeness (QED) is 0.428. The largest absolute Gasteiger partial charge is 0.413 e. The molecule has 0 aliphatic rings. The zero-order chi connectivity index (χ0) is 24.3. The Kier molecular flexibility index (Phi) is 7.61. The van der Waals surface area contributed by atoms with Crippen molar-refractivity contribution in [3.05, 3.63) is 102 Å². The molecule has 2 N–H and O–H groups in total. The van der Waals surface area contributed by atoms with Gasteiger partial charge in [-0.15, -0.1) is 0 Å². The van der Waals surface area contributed by atoms with Gasteiger partial charge in [-0.25, -0.2) is 13.1 Å². The van der Waals surface area contributed by atoms with Crippen molar-refractivity contribution in [3.8, 4) is 0 Å². The molecule has 33 heavy (non-hydrogen) atoms. The Morgan fingerprint density at radius 1 is 0.848 bits per heavy atom. The van der Waals surface area contributed by atoms with E-state index < -0.39 is 36.1 Å². The van der Waals surface area contributed by atoms with Crippen LogP contribution in [0, 0.1) is 6.92 Å². The van der Waals surface area contributed by atoms with Crippen LogP contribution in [0.5, 0.6) is 0 Å². The number of aliphatic hydroxyl groups is 1. The van der Waals surface area contributed by atoms with Gasteiger partial charge in [0.05, 0.1) is 17.0 Å². The average Bonchev–Trinajstić information content (AvgIpc) is 2.77. The predicted octanol–water partition coefficient (Wildman–Crippen LogP) is 4.82. The standard InChI is InChI=1S/C26H33NO4SSi/c1-20-16-18-24(19-17-20)32(29,30)27-25(21(2)31-33(3,4)5)26(28,22-12-8-6-9-13-22)23-14-10-7-11-15-23/h6-19,21,25,27-28H,1-5H3. The van der Waals surface area contributed by atoms with Crippen molar-refractivity contribution >= 4 is 18.3 Å². The molecule has 0 saturated heterocycles. The Morgan fingerprint density at radius 3 is 1.73 bits per heavy atom. The summed E-state index contributed by atoms with van der Waals surface area (Å²) in [5.41, 5.74) is 0.461. The zero-order valence-corrected chi connectivity index (χ0v) is 21.6. The van der Waals surface area contributed by atoms with E-state index in [0.29, 0.717) is 11.1 Å². The highest BCUT2D eigenvalue weighted by molar-refractivity contribution is 7.89. The minimum Gasteiger partial charge on any atom is -0.413 e. The molecule has 0 amide bonds. The fourth-order valence-electron chi connectivity index (χ4n) is 4.01. The Morgan fingerprint density at radius 2 is 1.30 bits per heavy atom. The van der Waals surface area contributed by atoms with Gasteiger partial charge < -0.3 is 9.53 Å². The lowest BCUT2D eigenvalue weighted by molar-refractivity contribution is -0.000965. The fourth-order valence-corrected chi connectivity index (χ4v) is 6.59. The molecular weight excluding hydrogens is 450 g/mol. The van der Waals surface area contributed by atoms with E-state index in [1.54, 1.807) is 48.5 Å². The lowest BCUT2D eigenvalue weighted by atomic mass is 9.78. The van der Waals surface area contributed by atoms with Gasteiger partial charge in [0.25, 0.3) is 0 Å². The summed E-state index contributed by atoms with van der Waals surface area (Å²) in [5, 5.41) is 12.3. The molecule has 3 rings (SSSR count). The van der Waals surface area contributed by atoms with E-state index in [9.17, 15) is 13.5 Å². The van der Waals surface area contributed by atoms with Crippen molar-refractivity contribution in [2.75, 3.05) is 0 Å². The Balaban J connectivity index is 2.18. The summed E-state index contributed by atoms with van der Waals surface area (Å²) in [4.78, 5) is 0.141. The highest BCUT2D eigenvalue weighted by atomic mass is 32.2. The number of sulfonamides is 1. The third-order valence-corrected chi connectivity index (χ3v) is 8.04. The summed E-state index contributed by atoms with van der Waals surface area (Å²) in [5.74, 6) is 0. The summed E-state index contributed by atoms with van der Waals surface area (Å²) in [7, 11) is -6.02. The van der Waals surface area contributed by atoms with Crippen LogP contribution in [-0.2, 0) is 20.1 Å². The molecule has 176 valence electrons. The summed E-state index contributed by atoms with van der Waals surface area (Å²) < 4.78 is 36.1. The maximum atomic E-state index is 13.5. The molecule has 0 spiro atoms. The van der Waals surface area contributed by atoms with Crippen LogP contribution >= 0.6 is 0 Å². The summed E-state index contributed by atoms with van der Waals surface area (Å²) in [6.45, 7) is 9.84. The van der Waals surface area contributed by atoms with E-state index >= 15 is 0 Å². The van der Waals surface area contributed by atoms with Gasteiger partial charge in [0.2, 0.25) is 10.0 Å². The topological polar surface area (TPSA) is 75.6 Å². The molecule has 0 aromatic heterocycles. The molecule has 0 bridgehead atoms. The van der Waals surface area contributed by atoms with Gasteiger partial charge in [-0.3, -0.25) is 0 Å². The van der Waals surface area contributed by atoms with E-state index in [4.69, 9.17) is 4.43 Å². The molecule has 0 heterocycles. The highest BCUT2D eigenvalue weighted by Gasteiger charge is 2.46. The molecule has 3 aromatic rings. The molecule has 5 nitrogen and oxygen atoms in total. The Labute approximate surface area is 198 Å². The van der Waals surface area contributed by atoms with E-state index in [1.165, 1.54) is 0 Å². The van der Waals surface area contributed by atoms with Crippen molar-refractivity contribution in [1.82, 2.24) is 4.72 Å². The summed E-state index contributed by atoms with van der Waals surface area (Å²) >= 11 is 0. The van der Waals surface area contributed by atoms with Crippen LogP contribution in [0.3, 0.4) is 0 Å². The number of nitrogens with one attached hydrogen (secondary N) is 1. The minimum atomic E-state index is -3.95. The average molecular weight is 484 g/mol. The zero-order valence-electron chi connectivity index (χ0n) is 19.8. The maximum absolute atomic E-state index is 13.5. The second-order valence-electron chi connectivity index (χ2n) is 9.35. The molecule has 0 radical (unpaired) electrons. The van der Waals surface area contributed by atoms with Crippen LogP contribution in [0.1, 0.15) is 23.6 Å². The van der Waals surface area contributed by atoms with Crippen LogP contribution < -0.4 is 4.72 Å². The van der Waals surface area contributed by atoms with Crippen LogP contribution in [0.2, 0.25) is 19.6 Å². The van der Waals surface area contributed by atoms with Crippen molar-refractivity contribution in [3.63, 3.8) is 0 Å². The van der Waals surface area contributed by atoms with Gasteiger partial charge in [-0.05, 0) is 56.7 Å². The third kappa shape index (κ3) is 5.99. The second kappa shape index (κ2) is 9.91. The third-order valence-electron chi connectivity index (χ3n) is 5.50. The number of benzene rings is 3. The van der Waals surface area contributed by atoms with Gasteiger partial charge in [0, 0.05) is 0 Å². The lowest BCUT2D eigenvalue weighted by Crippen LogP contribution is -2.58. The van der Waals surface area contributed by atoms with Gasteiger partial charge in [-0.1, -0.05) is 78.4 Å². The minimum absolute atomic E-state index is 0.141. The smallest absolute Gasteiger partial charge is 0.241 e. The second-order valence-corrected chi connectivity index (χ2v) is 15.5. The van der Waals surface area contributed by atoms with Gasteiger partial charge >= 0.3 is 0 Å². The monoisotopic (exact) mass is 483 g/mol. The maximum Gasteiger partial charge on any atom is 0.241 e. The van der Waals surface area contributed by atoms with Gasteiger partial charge in [-0.2, -0.15) is 0 Å². The van der Waals surface area contributed by atoms with Crippen LogP contribution in [-0.4, -0.2) is 34.0 Å². The van der Waals surface area contributed by atoms with Crippen molar-refractivity contribution in [2.45, 2.75) is 56.1 Å². The molecule has 2 unspecified atom stereocenters. The molecule has 0 saturated carbocycles. The molecule has 7 heteroatoms. The number of hydrogen-bond donors (Lipinski definition) is 2. The van der Waals surface area contributed by atoms with Crippen LogP contribution in [0.25, 0.3) is 0 Å². The molecule has 0 fully saturated rings. The van der Waals surface area contributed by atoms with E-state index in [-0.39, 0.29) is 4.90 Å². The summed E-state index contributed by atoms with van der Waals surface area (Å²) in [6, 6.07) is 24.0.